The van der Waals surface area contributed by atoms with E-state index in [2.05, 4.69) is 0 Å². The zero-order valence-electron chi connectivity index (χ0n) is 5.78. The molecule has 0 radical (unpaired) electrons. The Balaban J connectivity index is 2.59. The predicted octanol–water partition coefficient (Wildman–Crippen LogP) is -1.03. The van der Waals surface area contributed by atoms with E-state index in [1.54, 1.807) is 6.92 Å². The van der Waals surface area contributed by atoms with Crippen LogP contribution in [0, 0.1) is 0 Å². The van der Waals surface area contributed by atoms with Crippen LogP contribution in [0.25, 0.3) is 0 Å². The number of β-amino-alcohol motifs (C(OH)–C–C–N with tert-alkyl or cyclic N) is 1. The lowest BCUT2D eigenvalue weighted by Crippen LogP contribution is -2.28. The maximum atomic E-state index is 10.3. The fourth-order valence-corrected chi connectivity index (χ4v) is 1.74. The summed E-state index contributed by atoms with van der Waals surface area (Å²) in [6.45, 7) is 2.34. The Labute approximate surface area is 61.5 Å². The Morgan fingerprint density at radius 3 is 2.40 bits per heavy atom. The summed E-state index contributed by atoms with van der Waals surface area (Å²) < 4.78 is 21.9. The van der Waals surface area contributed by atoms with E-state index in [-0.39, 0.29) is 6.54 Å². The molecule has 10 heavy (non-hydrogen) atoms. The molecule has 5 heteroatoms. The Bertz CT molecular complexity index is 191. The van der Waals surface area contributed by atoms with Gasteiger partial charge in [-0.05, 0) is 13.3 Å². The molecule has 1 atom stereocenters. The standard InChI is InChI=1S/C5H11NO3S/c1-5(7)2-3-6(4-5)10(8)9/h7,10H,2-4H2,1H3. The lowest BCUT2D eigenvalue weighted by Gasteiger charge is -2.13. The van der Waals surface area contributed by atoms with Crippen LogP contribution in [0.15, 0.2) is 0 Å². The van der Waals surface area contributed by atoms with Crippen molar-refractivity contribution < 1.29 is 13.5 Å². The Morgan fingerprint density at radius 2 is 2.20 bits per heavy atom. The number of aliphatic hydroxyl groups is 1. The molecule has 0 saturated carbocycles. The molecule has 1 aliphatic rings. The molecular formula is C5H11NO3S. The zero-order chi connectivity index (χ0) is 7.78. The highest BCUT2D eigenvalue weighted by Crippen LogP contribution is 2.19. The molecule has 0 aliphatic carbocycles. The van der Waals surface area contributed by atoms with Gasteiger partial charge in [0, 0.05) is 13.1 Å². The summed E-state index contributed by atoms with van der Waals surface area (Å²) in [4.78, 5) is 0. The zero-order valence-corrected chi connectivity index (χ0v) is 6.67. The van der Waals surface area contributed by atoms with E-state index in [9.17, 15) is 13.5 Å². The van der Waals surface area contributed by atoms with Gasteiger partial charge >= 0.3 is 0 Å². The highest BCUT2D eigenvalue weighted by atomic mass is 32.2. The molecule has 1 aliphatic heterocycles. The summed E-state index contributed by atoms with van der Waals surface area (Å²) in [6.07, 6.45) is 0.538. The minimum atomic E-state index is -2.49. The monoisotopic (exact) mass is 165 g/mol. The predicted molar refractivity (Wildman–Crippen MR) is 37.1 cm³/mol. The van der Waals surface area contributed by atoms with E-state index >= 15 is 0 Å². The molecule has 0 aromatic rings. The van der Waals surface area contributed by atoms with Crippen molar-refractivity contribution in [3.05, 3.63) is 0 Å². The van der Waals surface area contributed by atoms with Gasteiger partial charge in [0.25, 0.3) is 0 Å². The van der Waals surface area contributed by atoms with E-state index in [1.807, 2.05) is 0 Å². The van der Waals surface area contributed by atoms with Crippen molar-refractivity contribution >= 4 is 10.9 Å². The van der Waals surface area contributed by atoms with Gasteiger partial charge in [-0.25, -0.2) is 12.7 Å². The van der Waals surface area contributed by atoms with Gasteiger partial charge in [-0.15, -0.1) is 0 Å². The molecule has 1 saturated heterocycles. The normalized spacial score (nSPS) is 35.5. The Hall–Kier alpha value is -0.130. The first-order valence-electron chi connectivity index (χ1n) is 3.13. The fraction of sp³-hybridized carbons (Fsp3) is 1.00. The minimum Gasteiger partial charge on any atom is -0.389 e. The Kier molecular flexibility index (Phi) is 1.98. The van der Waals surface area contributed by atoms with Crippen LogP contribution in [0.1, 0.15) is 13.3 Å². The summed E-state index contributed by atoms with van der Waals surface area (Å²) in [5, 5.41) is 9.30. The third kappa shape index (κ3) is 1.68. The second-order valence-electron chi connectivity index (χ2n) is 2.87. The van der Waals surface area contributed by atoms with Gasteiger partial charge in [0.05, 0.1) is 5.60 Å². The molecule has 60 valence electrons. The largest absolute Gasteiger partial charge is 0.389 e. The third-order valence-electron chi connectivity index (χ3n) is 1.66. The van der Waals surface area contributed by atoms with Crippen LogP contribution in [-0.4, -0.2) is 36.5 Å². The molecule has 0 aromatic heterocycles. The molecule has 1 unspecified atom stereocenters. The van der Waals surface area contributed by atoms with E-state index in [4.69, 9.17) is 0 Å². The summed E-state index contributed by atoms with van der Waals surface area (Å²) in [5.74, 6) is 0. The minimum absolute atomic E-state index is 0.242. The van der Waals surface area contributed by atoms with Crippen molar-refractivity contribution in [3.8, 4) is 0 Å². The molecule has 0 aromatic carbocycles. The summed E-state index contributed by atoms with van der Waals surface area (Å²) in [5.41, 5.74) is -0.810. The lowest BCUT2D eigenvalue weighted by atomic mass is 10.1. The number of thiol groups is 1. The molecule has 1 N–H and O–H groups in total. The highest BCUT2D eigenvalue weighted by molar-refractivity contribution is 7.69. The number of hydrogen-bond donors (Lipinski definition) is 2. The van der Waals surface area contributed by atoms with Crippen LogP contribution in [0.2, 0.25) is 0 Å². The molecule has 1 heterocycles. The average Bonchev–Trinajstić information content (AvgIpc) is 2.10. The first-order chi connectivity index (χ1) is 4.51. The SMILES string of the molecule is CC1(O)CCN([SH](=O)=O)C1. The molecule has 1 fully saturated rings. The molecule has 1 rings (SSSR count). The maximum absolute atomic E-state index is 10.3. The molecule has 0 bridgehead atoms. The maximum Gasteiger partial charge on any atom is 0.204 e. The smallest absolute Gasteiger partial charge is 0.204 e. The van der Waals surface area contributed by atoms with Gasteiger partial charge < -0.3 is 5.11 Å². The fourth-order valence-electron chi connectivity index (χ4n) is 1.06. The highest BCUT2D eigenvalue weighted by Gasteiger charge is 2.32. The van der Waals surface area contributed by atoms with E-state index < -0.39 is 16.5 Å². The third-order valence-corrected chi connectivity index (χ3v) is 2.47. The topological polar surface area (TPSA) is 57.6 Å². The summed E-state index contributed by atoms with van der Waals surface area (Å²) in [7, 11) is -2.49. The van der Waals surface area contributed by atoms with Gasteiger partial charge in [-0.1, -0.05) is 0 Å². The second-order valence-corrected chi connectivity index (χ2v) is 3.91. The number of hydrogen-bond acceptors (Lipinski definition) is 3. The summed E-state index contributed by atoms with van der Waals surface area (Å²) >= 11 is 0. The lowest BCUT2D eigenvalue weighted by molar-refractivity contribution is 0.0765. The molecule has 0 amide bonds. The van der Waals surface area contributed by atoms with Crippen molar-refractivity contribution in [3.63, 3.8) is 0 Å². The Morgan fingerprint density at radius 1 is 1.60 bits per heavy atom. The summed E-state index contributed by atoms with van der Waals surface area (Å²) in [6, 6.07) is 0. The van der Waals surface area contributed by atoms with Crippen LogP contribution >= 0.6 is 0 Å². The van der Waals surface area contributed by atoms with E-state index in [1.165, 1.54) is 4.31 Å². The van der Waals surface area contributed by atoms with Crippen LogP contribution < -0.4 is 0 Å². The molecular weight excluding hydrogens is 154 g/mol. The number of nitrogens with zero attached hydrogens (tertiary/aromatic N) is 1. The van der Waals surface area contributed by atoms with E-state index in [0.29, 0.717) is 13.0 Å². The van der Waals surface area contributed by atoms with Gasteiger partial charge in [-0.3, -0.25) is 0 Å². The molecule has 0 spiro atoms. The van der Waals surface area contributed by atoms with Crippen molar-refractivity contribution in [2.24, 2.45) is 0 Å². The van der Waals surface area contributed by atoms with Crippen molar-refractivity contribution in [1.29, 1.82) is 0 Å². The van der Waals surface area contributed by atoms with Gasteiger partial charge in [-0.2, -0.15) is 0 Å². The van der Waals surface area contributed by atoms with Crippen LogP contribution in [0.3, 0.4) is 0 Å². The van der Waals surface area contributed by atoms with Gasteiger partial charge in [0.1, 0.15) is 0 Å². The first-order valence-corrected chi connectivity index (χ1v) is 4.26. The van der Waals surface area contributed by atoms with Crippen LogP contribution in [-0.2, 0) is 10.9 Å². The van der Waals surface area contributed by atoms with E-state index in [0.717, 1.165) is 0 Å². The van der Waals surface area contributed by atoms with Gasteiger partial charge in [0.15, 0.2) is 0 Å². The first kappa shape index (κ1) is 7.97. The molecule has 4 nitrogen and oxygen atoms in total. The quantitative estimate of drug-likeness (QED) is 0.488. The van der Waals surface area contributed by atoms with Crippen molar-refractivity contribution in [2.75, 3.05) is 13.1 Å². The second kappa shape index (κ2) is 2.48. The van der Waals surface area contributed by atoms with Crippen LogP contribution in [0.5, 0.6) is 0 Å². The average molecular weight is 165 g/mol. The number of rotatable bonds is 1. The van der Waals surface area contributed by atoms with Crippen molar-refractivity contribution in [2.45, 2.75) is 18.9 Å². The van der Waals surface area contributed by atoms with Crippen LogP contribution in [0.4, 0.5) is 0 Å². The van der Waals surface area contributed by atoms with Crippen molar-refractivity contribution in [1.82, 2.24) is 4.31 Å². The van der Waals surface area contributed by atoms with Gasteiger partial charge in [0.2, 0.25) is 10.9 Å².